The molecule has 0 aliphatic carbocycles. The number of carbonyl (C=O) groups excluding carboxylic acids is 1. The van der Waals surface area contributed by atoms with Gasteiger partial charge in [-0.15, -0.1) is 0 Å². The maximum atomic E-state index is 11.7. The molecule has 0 saturated heterocycles. The highest BCUT2D eigenvalue weighted by molar-refractivity contribution is 5.91. The molecule has 0 aliphatic rings. The van der Waals surface area contributed by atoms with Crippen molar-refractivity contribution in [2.45, 2.75) is 12.8 Å². The summed E-state index contributed by atoms with van der Waals surface area (Å²) in [5.74, 6) is 0.0222. The summed E-state index contributed by atoms with van der Waals surface area (Å²) < 4.78 is 0. The highest BCUT2D eigenvalue weighted by atomic mass is 16.3. The standard InChI is InChI=1S/C14H14N2O2/c17-12-7-4-10-15-14(12)16-13(18)9-8-11-5-2-1-3-6-11/h1-7,10,17H,8-9H2,(H,15,16,18). The summed E-state index contributed by atoms with van der Waals surface area (Å²) in [6.07, 6.45) is 2.55. The van der Waals surface area contributed by atoms with Gasteiger partial charge in [0.2, 0.25) is 5.91 Å². The third-order valence-corrected chi connectivity index (χ3v) is 2.53. The van der Waals surface area contributed by atoms with Crippen molar-refractivity contribution in [3.8, 4) is 5.75 Å². The molecular weight excluding hydrogens is 228 g/mol. The van der Waals surface area contributed by atoms with Gasteiger partial charge in [-0.2, -0.15) is 0 Å². The Kier molecular flexibility index (Phi) is 3.91. The second kappa shape index (κ2) is 5.82. The van der Waals surface area contributed by atoms with Crippen molar-refractivity contribution in [1.29, 1.82) is 0 Å². The van der Waals surface area contributed by atoms with E-state index in [1.54, 1.807) is 6.07 Å². The van der Waals surface area contributed by atoms with Crippen molar-refractivity contribution >= 4 is 11.7 Å². The lowest BCUT2D eigenvalue weighted by Gasteiger charge is -2.05. The van der Waals surface area contributed by atoms with Crippen LogP contribution in [0.3, 0.4) is 0 Å². The Bertz CT molecular complexity index is 526. The van der Waals surface area contributed by atoms with Crippen molar-refractivity contribution in [3.63, 3.8) is 0 Å². The zero-order chi connectivity index (χ0) is 12.8. The van der Waals surface area contributed by atoms with Crippen LogP contribution in [0.1, 0.15) is 12.0 Å². The van der Waals surface area contributed by atoms with E-state index in [0.717, 1.165) is 5.56 Å². The molecule has 0 spiro atoms. The minimum Gasteiger partial charge on any atom is -0.504 e. The smallest absolute Gasteiger partial charge is 0.225 e. The minimum absolute atomic E-state index is 0.0226. The van der Waals surface area contributed by atoms with Crippen LogP contribution < -0.4 is 5.32 Å². The maximum absolute atomic E-state index is 11.7. The molecule has 0 atom stereocenters. The fourth-order valence-electron chi connectivity index (χ4n) is 1.59. The largest absolute Gasteiger partial charge is 0.504 e. The number of nitrogens with zero attached hydrogens (tertiary/aromatic N) is 1. The van der Waals surface area contributed by atoms with Crippen molar-refractivity contribution < 1.29 is 9.90 Å². The van der Waals surface area contributed by atoms with E-state index >= 15 is 0 Å². The number of pyridine rings is 1. The van der Waals surface area contributed by atoms with Crippen LogP contribution in [0.5, 0.6) is 5.75 Å². The van der Waals surface area contributed by atoms with Crippen LogP contribution in [0, 0.1) is 0 Å². The molecule has 1 aromatic heterocycles. The predicted molar refractivity (Wildman–Crippen MR) is 69.3 cm³/mol. The van der Waals surface area contributed by atoms with Gasteiger partial charge in [0.25, 0.3) is 0 Å². The SMILES string of the molecule is O=C(CCc1ccccc1)Nc1ncccc1O. The Hall–Kier alpha value is -2.36. The van der Waals surface area contributed by atoms with Crippen molar-refractivity contribution in [3.05, 3.63) is 54.2 Å². The summed E-state index contributed by atoms with van der Waals surface area (Å²) in [6, 6.07) is 12.9. The van der Waals surface area contributed by atoms with Gasteiger partial charge in [0.05, 0.1) is 0 Å². The average molecular weight is 242 g/mol. The summed E-state index contributed by atoms with van der Waals surface area (Å²) in [4.78, 5) is 15.6. The zero-order valence-corrected chi connectivity index (χ0v) is 9.84. The topological polar surface area (TPSA) is 62.2 Å². The Balaban J connectivity index is 1.88. The molecule has 2 aromatic rings. The third kappa shape index (κ3) is 3.31. The van der Waals surface area contributed by atoms with Crippen LogP contribution in [0.2, 0.25) is 0 Å². The maximum Gasteiger partial charge on any atom is 0.225 e. The number of hydrogen-bond acceptors (Lipinski definition) is 3. The first-order valence-electron chi connectivity index (χ1n) is 5.73. The Morgan fingerprint density at radius 3 is 2.67 bits per heavy atom. The third-order valence-electron chi connectivity index (χ3n) is 2.53. The zero-order valence-electron chi connectivity index (χ0n) is 9.84. The van der Waals surface area contributed by atoms with Crippen LogP contribution >= 0.6 is 0 Å². The number of amides is 1. The number of rotatable bonds is 4. The van der Waals surface area contributed by atoms with E-state index < -0.39 is 0 Å². The molecule has 18 heavy (non-hydrogen) atoms. The first-order chi connectivity index (χ1) is 8.75. The van der Waals surface area contributed by atoms with E-state index in [4.69, 9.17) is 0 Å². The summed E-state index contributed by atoms with van der Waals surface area (Å²) in [5, 5.41) is 12.0. The van der Waals surface area contributed by atoms with Crippen LogP contribution in [-0.2, 0) is 11.2 Å². The van der Waals surface area contributed by atoms with Crippen LogP contribution in [0.25, 0.3) is 0 Å². The van der Waals surface area contributed by atoms with E-state index in [1.165, 1.54) is 12.3 Å². The van der Waals surface area contributed by atoms with Gasteiger partial charge in [-0.3, -0.25) is 4.79 Å². The fraction of sp³-hybridized carbons (Fsp3) is 0.143. The fourth-order valence-corrected chi connectivity index (χ4v) is 1.59. The lowest BCUT2D eigenvalue weighted by molar-refractivity contribution is -0.116. The van der Waals surface area contributed by atoms with Gasteiger partial charge in [0, 0.05) is 12.6 Å². The normalized spacial score (nSPS) is 10.0. The van der Waals surface area contributed by atoms with Crippen molar-refractivity contribution in [2.75, 3.05) is 5.32 Å². The molecule has 0 saturated carbocycles. The lowest BCUT2D eigenvalue weighted by atomic mass is 10.1. The number of aromatic nitrogens is 1. The average Bonchev–Trinajstić information content (AvgIpc) is 2.40. The van der Waals surface area contributed by atoms with Crippen LogP contribution in [0.15, 0.2) is 48.7 Å². The summed E-state index contributed by atoms with van der Waals surface area (Å²) in [6.45, 7) is 0. The number of aromatic hydroxyl groups is 1. The molecule has 0 aliphatic heterocycles. The predicted octanol–water partition coefficient (Wildman–Crippen LogP) is 2.36. The van der Waals surface area contributed by atoms with Gasteiger partial charge < -0.3 is 10.4 Å². The minimum atomic E-state index is -0.159. The Morgan fingerprint density at radius 2 is 1.94 bits per heavy atom. The molecule has 0 radical (unpaired) electrons. The Morgan fingerprint density at radius 1 is 1.17 bits per heavy atom. The highest BCUT2D eigenvalue weighted by Gasteiger charge is 2.06. The van der Waals surface area contributed by atoms with E-state index in [-0.39, 0.29) is 17.5 Å². The van der Waals surface area contributed by atoms with Crippen LogP contribution in [-0.4, -0.2) is 16.0 Å². The molecule has 2 N–H and O–H groups in total. The van der Waals surface area contributed by atoms with E-state index in [1.807, 2.05) is 30.3 Å². The van der Waals surface area contributed by atoms with Gasteiger partial charge in [-0.25, -0.2) is 4.98 Å². The van der Waals surface area contributed by atoms with E-state index in [2.05, 4.69) is 10.3 Å². The first-order valence-corrected chi connectivity index (χ1v) is 5.73. The number of hydrogen-bond donors (Lipinski definition) is 2. The lowest BCUT2D eigenvalue weighted by Crippen LogP contribution is -2.13. The van der Waals surface area contributed by atoms with Crippen molar-refractivity contribution in [2.24, 2.45) is 0 Å². The molecule has 2 rings (SSSR count). The molecule has 0 unspecified atom stereocenters. The highest BCUT2D eigenvalue weighted by Crippen LogP contribution is 2.18. The number of aryl methyl sites for hydroxylation is 1. The van der Waals surface area contributed by atoms with Gasteiger partial charge in [-0.05, 0) is 24.1 Å². The molecule has 0 fully saturated rings. The molecular formula is C14H14N2O2. The molecule has 1 amide bonds. The number of benzene rings is 1. The van der Waals surface area contributed by atoms with Gasteiger partial charge in [0.1, 0.15) is 0 Å². The Labute approximate surface area is 105 Å². The van der Waals surface area contributed by atoms with E-state index in [0.29, 0.717) is 12.8 Å². The number of carbonyl (C=O) groups is 1. The molecule has 1 heterocycles. The van der Waals surface area contributed by atoms with Gasteiger partial charge >= 0.3 is 0 Å². The molecule has 4 heteroatoms. The van der Waals surface area contributed by atoms with Crippen LogP contribution in [0.4, 0.5) is 5.82 Å². The monoisotopic (exact) mass is 242 g/mol. The number of nitrogens with one attached hydrogen (secondary N) is 1. The summed E-state index contributed by atoms with van der Waals surface area (Å²) in [7, 11) is 0. The van der Waals surface area contributed by atoms with Gasteiger partial charge in [0.15, 0.2) is 11.6 Å². The number of anilines is 1. The van der Waals surface area contributed by atoms with Crippen molar-refractivity contribution in [1.82, 2.24) is 4.98 Å². The molecule has 0 bridgehead atoms. The summed E-state index contributed by atoms with van der Waals surface area (Å²) >= 11 is 0. The molecule has 4 nitrogen and oxygen atoms in total. The quantitative estimate of drug-likeness (QED) is 0.865. The van der Waals surface area contributed by atoms with E-state index in [9.17, 15) is 9.90 Å². The molecule has 1 aromatic carbocycles. The first kappa shape index (κ1) is 12.1. The summed E-state index contributed by atoms with van der Waals surface area (Å²) in [5.41, 5.74) is 1.11. The molecule has 92 valence electrons. The van der Waals surface area contributed by atoms with Gasteiger partial charge in [-0.1, -0.05) is 30.3 Å². The second-order valence-corrected chi connectivity index (χ2v) is 3.90. The second-order valence-electron chi connectivity index (χ2n) is 3.90.